The summed E-state index contributed by atoms with van der Waals surface area (Å²) in [6, 6.07) is 10.9. The topological polar surface area (TPSA) is 208 Å². The summed E-state index contributed by atoms with van der Waals surface area (Å²) in [6.07, 6.45) is -11.7. The smallest absolute Gasteiger partial charge is 0.187 e. The SMILES string of the molecule is OC[C@@]1(O)CO[C@H](OC[C@H]2O[C@@H](O[C@H]3Cc4ccc(O)cc4O[C@@H]3c3ccc(O)cc3)[C@H](O)[C@@H](O)[C@@H]2O)[C@@H]1O. The van der Waals surface area contributed by atoms with E-state index in [1.165, 1.54) is 24.3 Å². The van der Waals surface area contributed by atoms with Crippen LogP contribution in [0.25, 0.3) is 0 Å². The number of hydrogen-bond acceptors (Lipinski definition) is 13. The molecule has 5 rings (SSSR count). The van der Waals surface area contributed by atoms with Crippen LogP contribution < -0.4 is 4.74 Å². The van der Waals surface area contributed by atoms with Crippen molar-refractivity contribution in [2.75, 3.05) is 19.8 Å². The largest absolute Gasteiger partial charge is 0.508 e. The highest BCUT2D eigenvalue weighted by Gasteiger charge is 2.50. The molecule has 214 valence electrons. The van der Waals surface area contributed by atoms with Crippen molar-refractivity contribution >= 4 is 0 Å². The average molecular weight is 553 g/mol. The van der Waals surface area contributed by atoms with Gasteiger partial charge in [0.05, 0.1) is 19.8 Å². The predicted octanol–water partition coefficient (Wildman–Crippen LogP) is -1.58. The number of aliphatic hydroxyl groups excluding tert-OH is 5. The minimum Gasteiger partial charge on any atom is -0.508 e. The van der Waals surface area contributed by atoms with Crippen LogP contribution in [0.15, 0.2) is 42.5 Å². The first-order valence-corrected chi connectivity index (χ1v) is 12.5. The molecule has 10 atom stereocenters. The van der Waals surface area contributed by atoms with E-state index in [0.717, 1.165) is 0 Å². The van der Waals surface area contributed by atoms with Crippen LogP contribution in [0.1, 0.15) is 17.2 Å². The van der Waals surface area contributed by atoms with Crippen LogP contribution in [0.3, 0.4) is 0 Å². The van der Waals surface area contributed by atoms with Gasteiger partial charge in [0, 0.05) is 12.5 Å². The molecule has 3 aliphatic heterocycles. The van der Waals surface area contributed by atoms with Gasteiger partial charge in [-0.2, -0.15) is 0 Å². The molecule has 2 fully saturated rings. The molecule has 39 heavy (non-hydrogen) atoms. The third-order valence-electron chi connectivity index (χ3n) is 7.27. The van der Waals surface area contributed by atoms with E-state index in [9.17, 15) is 40.9 Å². The molecule has 3 heterocycles. The first kappa shape index (κ1) is 28.0. The van der Waals surface area contributed by atoms with Gasteiger partial charge in [0.15, 0.2) is 18.7 Å². The van der Waals surface area contributed by atoms with Gasteiger partial charge in [-0.3, -0.25) is 0 Å². The fourth-order valence-corrected chi connectivity index (χ4v) is 4.89. The van der Waals surface area contributed by atoms with Gasteiger partial charge in [0.25, 0.3) is 0 Å². The first-order valence-electron chi connectivity index (χ1n) is 12.5. The van der Waals surface area contributed by atoms with Crippen LogP contribution in [0.4, 0.5) is 0 Å². The number of ether oxygens (including phenoxy) is 5. The lowest BCUT2D eigenvalue weighted by molar-refractivity contribution is -0.324. The Labute approximate surface area is 223 Å². The zero-order chi connectivity index (χ0) is 27.9. The van der Waals surface area contributed by atoms with Crippen molar-refractivity contribution in [3.8, 4) is 17.2 Å². The fraction of sp³-hybridized carbons (Fsp3) is 0.538. The Morgan fingerprint density at radius 2 is 1.62 bits per heavy atom. The van der Waals surface area contributed by atoms with Gasteiger partial charge >= 0.3 is 0 Å². The van der Waals surface area contributed by atoms with Gasteiger partial charge < -0.3 is 64.5 Å². The number of aliphatic hydroxyl groups is 6. The maximum Gasteiger partial charge on any atom is 0.187 e. The van der Waals surface area contributed by atoms with Crippen LogP contribution in [0.5, 0.6) is 17.2 Å². The van der Waals surface area contributed by atoms with Gasteiger partial charge in [-0.1, -0.05) is 18.2 Å². The number of hydrogen-bond donors (Lipinski definition) is 8. The van der Waals surface area contributed by atoms with E-state index in [0.29, 0.717) is 16.9 Å². The first-order chi connectivity index (χ1) is 18.6. The Kier molecular flexibility index (Phi) is 7.99. The summed E-state index contributed by atoms with van der Waals surface area (Å²) in [7, 11) is 0. The standard InChI is InChI=1S/C26H32O13/c27-10-26(34)11-36-25(23(26)33)35-9-18-19(30)20(31)21(32)24(39-18)38-17-7-13-3-6-15(29)8-16(13)37-22(17)12-1-4-14(28)5-2-12/h1-6,8,17-25,27-34H,7,9-11H2/t17-,18+,19+,20-,21+,22+,23-,24+,25-,26+/m0/s1. The average Bonchev–Trinajstić information content (AvgIpc) is 3.22. The fourth-order valence-electron chi connectivity index (χ4n) is 4.89. The molecule has 2 aromatic carbocycles. The third kappa shape index (κ3) is 5.56. The molecule has 0 aromatic heterocycles. The van der Waals surface area contributed by atoms with E-state index in [4.69, 9.17) is 23.7 Å². The van der Waals surface area contributed by atoms with E-state index in [-0.39, 0.29) is 24.5 Å². The molecule has 0 radical (unpaired) electrons. The number of rotatable bonds is 7. The Bertz CT molecular complexity index is 1130. The van der Waals surface area contributed by atoms with Crippen molar-refractivity contribution in [2.45, 2.75) is 67.3 Å². The summed E-state index contributed by atoms with van der Waals surface area (Å²) in [6.45, 7) is -1.55. The van der Waals surface area contributed by atoms with E-state index >= 15 is 0 Å². The molecule has 8 N–H and O–H groups in total. The minimum atomic E-state index is -1.91. The molecular weight excluding hydrogens is 520 g/mol. The molecule has 13 nitrogen and oxygen atoms in total. The molecule has 0 unspecified atom stereocenters. The number of fused-ring (bicyclic) bond motifs is 1. The molecule has 0 saturated carbocycles. The number of phenolic OH excluding ortho intramolecular Hbond substituents is 2. The molecule has 0 spiro atoms. The summed E-state index contributed by atoms with van der Waals surface area (Å²) >= 11 is 0. The molecule has 3 aliphatic rings. The second-order valence-corrected chi connectivity index (χ2v) is 10.0. The van der Waals surface area contributed by atoms with Gasteiger partial charge in [-0.25, -0.2) is 0 Å². The van der Waals surface area contributed by atoms with Gasteiger partial charge in [-0.05, 0) is 29.3 Å². The lowest BCUT2D eigenvalue weighted by atomic mass is 9.93. The normalized spacial score (nSPS) is 38.3. The highest BCUT2D eigenvalue weighted by atomic mass is 16.7. The summed E-state index contributed by atoms with van der Waals surface area (Å²) < 4.78 is 28.7. The molecule has 0 aliphatic carbocycles. The van der Waals surface area contributed by atoms with Crippen LogP contribution in [-0.4, -0.2) is 115 Å². The zero-order valence-corrected chi connectivity index (χ0v) is 20.7. The van der Waals surface area contributed by atoms with E-state index in [1.807, 2.05) is 0 Å². The number of phenols is 2. The van der Waals surface area contributed by atoms with Crippen molar-refractivity contribution in [3.05, 3.63) is 53.6 Å². The second kappa shape index (κ2) is 11.1. The Balaban J connectivity index is 1.32. The molecular formula is C26H32O13. The molecule has 2 aromatic rings. The Morgan fingerprint density at radius 3 is 2.31 bits per heavy atom. The number of aromatic hydroxyl groups is 2. The van der Waals surface area contributed by atoms with Crippen molar-refractivity contribution in [1.29, 1.82) is 0 Å². The molecule has 2 saturated heterocycles. The Morgan fingerprint density at radius 1 is 0.897 bits per heavy atom. The highest BCUT2D eigenvalue weighted by molar-refractivity contribution is 5.43. The lowest BCUT2D eigenvalue weighted by Crippen LogP contribution is -2.60. The van der Waals surface area contributed by atoms with Crippen molar-refractivity contribution in [2.24, 2.45) is 0 Å². The maximum absolute atomic E-state index is 10.7. The van der Waals surface area contributed by atoms with Gasteiger partial charge in [-0.15, -0.1) is 0 Å². The lowest BCUT2D eigenvalue weighted by Gasteiger charge is -2.43. The quantitative estimate of drug-likeness (QED) is 0.195. The van der Waals surface area contributed by atoms with Crippen molar-refractivity contribution in [3.63, 3.8) is 0 Å². The van der Waals surface area contributed by atoms with Crippen LogP contribution in [0, 0.1) is 0 Å². The summed E-state index contributed by atoms with van der Waals surface area (Å²) in [4.78, 5) is 0. The summed E-state index contributed by atoms with van der Waals surface area (Å²) in [5.41, 5.74) is -0.571. The monoisotopic (exact) mass is 552 g/mol. The van der Waals surface area contributed by atoms with Crippen molar-refractivity contribution in [1.82, 2.24) is 0 Å². The van der Waals surface area contributed by atoms with E-state index < -0.39 is 74.1 Å². The van der Waals surface area contributed by atoms with Crippen LogP contribution in [0.2, 0.25) is 0 Å². The van der Waals surface area contributed by atoms with E-state index in [2.05, 4.69) is 0 Å². The molecule has 0 amide bonds. The zero-order valence-electron chi connectivity index (χ0n) is 20.7. The molecule has 0 bridgehead atoms. The van der Waals surface area contributed by atoms with Gasteiger partial charge in [0.2, 0.25) is 0 Å². The highest BCUT2D eigenvalue weighted by Crippen LogP contribution is 2.40. The van der Waals surface area contributed by atoms with Crippen LogP contribution >= 0.6 is 0 Å². The van der Waals surface area contributed by atoms with E-state index in [1.54, 1.807) is 18.2 Å². The third-order valence-corrected chi connectivity index (χ3v) is 7.27. The second-order valence-electron chi connectivity index (χ2n) is 10.0. The molecule has 13 heteroatoms. The Hall–Kier alpha value is -2.56. The predicted molar refractivity (Wildman–Crippen MR) is 129 cm³/mol. The van der Waals surface area contributed by atoms with Crippen LogP contribution in [-0.2, 0) is 25.4 Å². The summed E-state index contributed by atoms with van der Waals surface area (Å²) in [5.74, 6) is 0.486. The number of benzene rings is 2. The van der Waals surface area contributed by atoms with Crippen molar-refractivity contribution < 1.29 is 64.5 Å². The minimum absolute atomic E-state index is 0.0114. The maximum atomic E-state index is 10.7. The summed E-state index contributed by atoms with van der Waals surface area (Å²) in [5, 5.41) is 80.9. The van der Waals surface area contributed by atoms with Gasteiger partial charge in [0.1, 0.15) is 59.5 Å².